The highest BCUT2D eigenvalue weighted by Gasteiger charge is 2.22. The summed E-state index contributed by atoms with van der Waals surface area (Å²) in [5, 5.41) is 11.8. The number of rotatable bonds is 4. The minimum absolute atomic E-state index is 0.000684. The molecule has 1 atom stereocenters. The number of halogens is 2. The number of anilines is 1. The van der Waals surface area contributed by atoms with E-state index in [1.165, 1.54) is 36.4 Å². The second kappa shape index (κ2) is 5.48. The molecule has 0 spiro atoms. The minimum Gasteiger partial charge on any atom is -0.479 e. The van der Waals surface area contributed by atoms with E-state index in [4.69, 9.17) is 5.11 Å². The van der Waals surface area contributed by atoms with Crippen molar-refractivity contribution in [2.24, 2.45) is 0 Å². The molecule has 0 aliphatic rings. The molecule has 0 amide bonds. The Hall–Kier alpha value is -2.43. The van der Waals surface area contributed by atoms with Gasteiger partial charge in [-0.25, -0.2) is 13.6 Å². The zero-order valence-corrected chi connectivity index (χ0v) is 9.81. The van der Waals surface area contributed by atoms with Gasteiger partial charge in [-0.05, 0) is 24.3 Å². The number of nitrogens with one attached hydrogen (secondary N) is 1. The Balaban J connectivity index is 2.32. The summed E-state index contributed by atoms with van der Waals surface area (Å²) in [6.07, 6.45) is 0. The number of carboxylic acid groups (broad SMARTS) is 1. The lowest BCUT2D eigenvalue weighted by atomic mass is 10.1. The Morgan fingerprint density at radius 1 is 1.11 bits per heavy atom. The molecule has 0 aliphatic heterocycles. The third-order valence-electron chi connectivity index (χ3n) is 2.60. The maximum atomic E-state index is 13.6. The topological polar surface area (TPSA) is 49.3 Å². The number of hydrogen-bond donors (Lipinski definition) is 2. The molecule has 98 valence electrons. The van der Waals surface area contributed by atoms with Gasteiger partial charge in [0.05, 0.1) is 0 Å². The van der Waals surface area contributed by atoms with E-state index >= 15 is 0 Å². The summed E-state index contributed by atoms with van der Waals surface area (Å²) in [6.45, 7) is 0. The van der Waals surface area contributed by atoms with Gasteiger partial charge in [-0.3, -0.25) is 0 Å². The van der Waals surface area contributed by atoms with Crippen LogP contribution in [0.2, 0.25) is 0 Å². The fourth-order valence-electron chi connectivity index (χ4n) is 1.73. The highest BCUT2D eigenvalue weighted by Crippen LogP contribution is 2.22. The highest BCUT2D eigenvalue weighted by molar-refractivity contribution is 5.79. The quantitative estimate of drug-likeness (QED) is 0.890. The third-order valence-corrected chi connectivity index (χ3v) is 2.60. The van der Waals surface area contributed by atoms with E-state index in [0.717, 1.165) is 6.07 Å². The molecule has 0 radical (unpaired) electrons. The molecule has 0 aromatic heterocycles. The number of carbonyl (C=O) groups is 1. The van der Waals surface area contributed by atoms with Crippen molar-refractivity contribution < 1.29 is 18.7 Å². The molecule has 2 N–H and O–H groups in total. The lowest BCUT2D eigenvalue weighted by Gasteiger charge is -2.16. The highest BCUT2D eigenvalue weighted by atomic mass is 19.1. The lowest BCUT2D eigenvalue weighted by molar-refractivity contribution is -0.138. The average molecular weight is 263 g/mol. The van der Waals surface area contributed by atoms with E-state index in [-0.39, 0.29) is 11.3 Å². The first-order chi connectivity index (χ1) is 9.08. The van der Waals surface area contributed by atoms with Crippen molar-refractivity contribution in [3.63, 3.8) is 0 Å². The summed E-state index contributed by atoms with van der Waals surface area (Å²) in [6, 6.07) is 9.64. The minimum atomic E-state index is -1.28. The van der Waals surface area contributed by atoms with Gasteiger partial charge >= 0.3 is 5.97 Å². The number of carboxylic acids is 1. The van der Waals surface area contributed by atoms with Crippen LogP contribution in [0.15, 0.2) is 48.5 Å². The van der Waals surface area contributed by atoms with Crippen molar-refractivity contribution >= 4 is 11.7 Å². The number of hydrogen-bond acceptors (Lipinski definition) is 2. The molecule has 2 aromatic rings. The molecule has 0 saturated carbocycles. The third kappa shape index (κ3) is 3.07. The van der Waals surface area contributed by atoms with Crippen LogP contribution < -0.4 is 5.32 Å². The lowest BCUT2D eigenvalue weighted by Crippen LogP contribution is -2.21. The molecule has 3 nitrogen and oxygen atoms in total. The summed E-state index contributed by atoms with van der Waals surface area (Å²) in [5.41, 5.74) is 0.273. The molecule has 0 bridgehead atoms. The van der Waals surface area contributed by atoms with Crippen molar-refractivity contribution in [1.29, 1.82) is 0 Å². The first-order valence-electron chi connectivity index (χ1n) is 5.57. The molecule has 2 aromatic carbocycles. The molecular formula is C14H11F2NO2. The van der Waals surface area contributed by atoms with E-state index in [2.05, 4.69) is 5.32 Å². The Bertz CT molecular complexity index is 602. The van der Waals surface area contributed by atoms with Gasteiger partial charge in [-0.1, -0.05) is 24.3 Å². The number of benzene rings is 2. The Morgan fingerprint density at radius 3 is 2.47 bits per heavy atom. The van der Waals surface area contributed by atoms with Crippen LogP contribution >= 0.6 is 0 Å². The Labute approximate surface area is 108 Å². The molecular weight excluding hydrogens is 252 g/mol. The molecule has 0 aliphatic carbocycles. The van der Waals surface area contributed by atoms with Gasteiger partial charge in [-0.15, -0.1) is 0 Å². The standard InChI is InChI=1S/C14H11F2NO2/c15-9-4-3-5-10(8-9)17-13(14(18)19)11-6-1-2-7-12(11)16/h1-8,13,17H,(H,18,19). The van der Waals surface area contributed by atoms with Crippen molar-refractivity contribution in [2.75, 3.05) is 5.32 Å². The van der Waals surface area contributed by atoms with Gasteiger partial charge in [-0.2, -0.15) is 0 Å². The molecule has 5 heteroatoms. The Kier molecular flexibility index (Phi) is 3.75. The van der Waals surface area contributed by atoms with Crippen LogP contribution in [0, 0.1) is 11.6 Å². The monoisotopic (exact) mass is 263 g/mol. The maximum Gasteiger partial charge on any atom is 0.330 e. The van der Waals surface area contributed by atoms with E-state index in [1.807, 2.05) is 0 Å². The van der Waals surface area contributed by atoms with Crippen LogP contribution in [0.4, 0.5) is 14.5 Å². The zero-order chi connectivity index (χ0) is 13.8. The summed E-state index contributed by atoms with van der Waals surface area (Å²) in [4.78, 5) is 11.2. The van der Waals surface area contributed by atoms with Crippen molar-refractivity contribution in [1.82, 2.24) is 0 Å². The zero-order valence-electron chi connectivity index (χ0n) is 9.81. The molecule has 2 rings (SSSR count). The van der Waals surface area contributed by atoms with Crippen LogP contribution in [-0.2, 0) is 4.79 Å². The van der Waals surface area contributed by atoms with Crippen molar-refractivity contribution in [3.8, 4) is 0 Å². The van der Waals surface area contributed by atoms with E-state index < -0.39 is 23.6 Å². The predicted octanol–water partition coefficient (Wildman–Crippen LogP) is 3.20. The summed E-state index contributed by atoms with van der Waals surface area (Å²) >= 11 is 0. The predicted molar refractivity (Wildman–Crippen MR) is 66.8 cm³/mol. The van der Waals surface area contributed by atoms with Crippen molar-refractivity contribution in [2.45, 2.75) is 6.04 Å². The van der Waals surface area contributed by atoms with Crippen LogP contribution in [0.5, 0.6) is 0 Å². The SMILES string of the molecule is O=C(O)C(Nc1cccc(F)c1)c1ccccc1F. The van der Waals surface area contributed by atoms with E-state index in [1.54, 1.807) is 6.07 Å². The first-order valence-corrected chi connectivity index (χ1v) is 5.57. The van der Waals surface area contributed by atoms with Gasteiger partial charge in [0.2, 0.25) is 0 Å². The number of aliphatic carboxylic acids is 1. The second-order valence-corrected chi connectivity index (χ2v) is 3.95. The summed E-state index contributed by atoms with van der Waals surface area (Å²) < 4.78 is 26.6. The van der Waals surface area contributed by atoms with Gasteiger partial charge in [0.25, 0.3) is 0 Å². The molecule has 19 heavy (non-hydrogen) atoms. The fourth-order valence-corrected chi connectivity index (χ4v) is 1.73. The van der Waals surface area contributed by atoms with Crippen molar-refractivity contribution in [3.05, 3.63) is 65.7 Å². The largest absolute Gasteiger partial charge is 0.479 e. The molecule has 0 fully saturated rings. The van der Waals surface area contributed by atoms with Crippen LogP contribution in [-0.4, -0.2) is 11.1 Å². The van der Waals surface area contributed by atoms with Crippen LogP contribution in [0.25, 0.3) is 0 Å². The van der Waals surface area contributed by atoms with E-state index in [9.17, 15) is 13.6 Å². The normalized spacial score (nSPS) is 11.9. The molecule has 1 unspecified atom stereocenters. The van der Waals surface area contributed by atoms with Gasteiger partial charge in [0.15, 0.2) is 6.04 Å². The molecule has 0 heterocycles. The second-order valence-electron chi connectivity index (χ2n) is 3.95. The molecule has 0 saturated heterocycles. The van der Waals surface area contributed by atoms with Crippen LogP contribution in [0.3, 0.4) is 0 Å². The van der Waals surface area contributed by atoms with Gasteiger partial charge < -0.3 is 10.4 Å². The fraction of sp³-hybridized carbons (Fsp3) is 0.0714. The summed E-state index contributed by atoms with van der Waals surface area (Å²) in [7, 11) is 0. The first kappa shape index (κ1) is 13.0. The Morgan fingerprint density at radius 2 is 1.84 bits per heavy atom. The van der Waals surface area contributed by atoms with Gasteiger partial charge in [0, 0.05) is 11.3 Å². The summed E-state index contributed by atoms with van der Waals surface area (Å²) in [5.74, 6) is -2.36. The van der Waals surface area contributed by atoms with Crippen LogP contribution in [0.1, 0.15) is 11.6 Å². The smallest absolute Gasteiger partial charge is 0.330 e. The van der Waals surface area contributed by atoms with E-state index in [0.29, 0.717) is 0 Å². The average Bonchev–Trinajstić information content (AvgIpc) is 2.37. The van der Waals surface area contributed by atoms with Gasteiger partial charge in [0.1, 0.15) is 11.6 Å². The maximum absolute atomic E-state index is 13.6.